The van der Waals surface area contributed by atoms with Gasteiger partial charge >= 0.3 is 0 Å². The minimum absolute atomic E-state index is 0.0874. The molecule has 0 saturated carbocycles. The molecule has 0 unspecified atom stereocenters. The van der Waals surface area contributed by atoms with E-state index in [4.69, 9.17) is 0 Å². The van der Waals surface area contributed by atoms with Crippen LogP contribution >= 0.6 is 0 Å². The highest BCUT2D eigenvalue weighted by molar-refractivity contribution is 5.49. The van der Waals surface area contributed by atoms with Crippen LogP contribution in [0.15, 0.2) is 17.2 Å². The summed E-state index contributed by atoms with van der Waals surface area (Å²) in [5.41, 5.74) is 1.30. The monoisotopic (exact) mass is 150 g/mol. The number of allylic oxidation sites excluding steroid dienone is 1. The molecule has 1 N–H and O–H groups in total. The second kappa shape index (κ2) is 3.14. The summed E-state index contributed by atoms with van der Waals surface area (Å²) in [5.74, 6) is 0. The molecule has 0 aliphatic heterocycles. The van der Waals surface area contributed by atoms with Crippen molar-refractivity contribution in [3.05, 3.63) is 34.0 Å². The fraction of sp³-hybridized carbons (Fsp3) is 0.250. The molecule has 0 radical (unpaired) electrons. The first kappa shape index (κ1) is 7.72. The molecule has 0 saturated heterocycles. The van der Waals surface area contributed by atoms with Crippen molar-refractivity contribution in [2.45, 2.75) is 13.8 Å². The lowest BCUT2D eigenvalue weighted by molar-refractivity contribution is 1.05. The van der Waals surface area contributed by atoms with Gasteiger partial charge in [0.1, 0.15) is 0 Å². The fourth-order valence-corrected chi connectivity index (χ4v) is 0.862. The van der Waals surface area contributed by atoms with Gasteiger partial charge in [0, 0.05) is 0 Å². The van der Waals surface area contributed by atoms with Gasteiger partial charge in [-0.1, -0.05) is 12.2 Å². The zero-order valence-electron chi connectivity index (χ0n) is 6.59. The molecule has 0 aromatic carbocycles. The molecule has 58 valence electrons. The topological polar surface area (TPSA) is 45.8 Å². The standard InChI is InChI=1S/C8H10N2O/c1-3-4-7-6(2)9-5-10-8(7)11/h3-5H,1-2H3,(H,9,10,11)/b4-3-. The second-order valence-electron chi connectivity index (χ2n) is 2.23. The maximum absolute atomic E-state index is 11.1. The second-order valence-corrected chi connectivity index (χ2v) is 2.23. The number of rotatable bonds is 1. The highest BCUT2D eigenvalue weighted by Crippen LogP contribution is 1.97. The normalized spacial score (nSPS) is 10.7. The largest absolute Gasteiger partial charge is 0.313 e. The lowest BCUT2D eigenvalue weighted by atomic mass is 10.2. The van der Waals surface area contributed by atoms with Crippen molar-refractivity contribution < 1.29 is 0 Å². The minimum atomic E-state index is -0.0874. The first-order valence-electron chi connectivity index (χ1n) is 3.42. The van der Waals surface area contributed by atoms with Gasteiger partial charge in [-0.25, -0.2) is 4.98 Å². The zero-order chi connectivity index (χ0) is 8.27. The molecule has 0 bridgehead atoms. The predicted molar refractivity (Wildman–Crippen MR) is 44.3 cm³/mol. The third kappa shape index (κ3) is 1.55. The number of aryl methyl sites for hydroxylation is 1. The molecule has 3 heteroatoms. The molecule has 0 atom stereocenters. The van der Waals surface area contributed by atoms with Crippen LogP contribution in [-0.4, -0.2) is 9.97 Å². The van der Waals surface area contributed by atoms with Crippen molar-refractivity contribution in [3.63, 3.8) is 0 Å². The highest BCUT2D eigenvalue weighted by atomic mass is 16.1. The zero-order valence-corrected chi connectivity index (χ0v) is 6.59. The molecule has 0 amide bonds. The summed E-state index contributed by atoms with van der Waals surface area (Å²) >= 11 is 0. The van der Waals surface area contributed by atoms with E-state index in [0.717, 1.165) is 5.69 Å². The molecular weight excluding hydrogens is 140 g/mol. The molecule has 1 heterocycles. The predicted octanol–water partition coefficient (Wildman–Crippen LogP) is 1.11. The Balaban J connectivity index is 3.32. The van der Waals surface area contributed by atoms with Gasteiger partial charge in [-0.05, 0) is 13.8 Å². The third-order valence-corrected chi connectivity index (χ3v) is 1.42. The lowest BCUT2D eigenvalue weighted by Crippen LogP contribution is -2.11. The van der Waals surface area contributed by atoms with Gasteiger partial charge in [-0.2, -0.15) is 0 Å². The molecule has 1 rings (SSSR count). The van der Waals surface area contributed by atoms with E-state index in [1.807, 2.05) is 19.9 Å². The Labute approximate surface area is 64.8 Å². The van der Waals surface area contributed by atoms with Crippen LogP contribution in [0.25, 0.3) is 6.08 Å². The first-order chi connectivity index (χ1) is 5.25. The van der Waals surface area contributed by atoms with E-state index in [9.17, 15) is 4.79 Å². The Morgan fingerprint density at radius 3 is 2.91 bits per heavy atom. The van der Waals surface area contributed by atoms with Gasteiger partial charge in [0.2, 0.25) is 0 Å². The van der Waals surface area contributed by atoms with Crippen molar-refractivity contribution in [1.82, 2.24) is 9.97 Å². The molecule has 1 aromatic heterocycles. The Hall–Kier alpha value is -1.38. The quantitative estimate of drug-likeness (QED) is 0.651. The van der Waals surface area contributed by atoms with E-state index < -0.39 is 0 Å². The van der Waals surface area contributed by atoms with E-state index in [-0.39, 0.29) is 5.56 Å². The smallest absolute Gasteiger partial charge is 0.258 e. The Kier molecular flexibility index (Phi) is 2.21. The van der Waals surface area contributed by atoms with Crippen LogP contribution in [0.4, 0.5) is 0 Å². The van der Waals surface area contributed by atoms with Crippen molar-refractivity contribution in [2.24, 2.45) is 0 Å². The fourth-order valence-electron chi connectivity index (χ4n) is 0.862. The van der Waals surface area contributed by atoms with Crippen LogP contribution in [0, 0.1) is 6.92 Å². The van der Waals surface area contributed by atoms with E-state index in [1.165, 1.54) is 6.33 Å². The lowest BCUT2D eigenvalue weighted by Gasteiger charge is -1.94. The van der Waals surface area contributed by atoms with E-state index in [2.05, 4.69) is 9.97 Å². The van der Waals surface area contributed by atoms with Crippen molar-refractivity contribution >= 4 is 6.08 Å². The molecular formula is C8H10N2O. The number of nitrogens with one attached hydrogen (secondary N) is 1. The average molecular weight is 150 g/mol. The summed E-state index contributed by atoms with van der Waals surface area (Å²) in [6.45, 7) is 3.68. The van der Waals surface area contributed by atoms with Gasteiger partial charge in [-0.3, -0.25) is 4.79 Å². The van der Waals surface area contributed by atoms with Crippen LogP contribution in [0.5, 0.6) is 0 Å². The average Bonchev–Trinajstić information content (AvgIpc) is 1.97. The van der Waals surface area contributed by atoms with Crippen LogP contribution in [0.3, 0.4) is 0 Å². The van der Waals surface area contributed by atoms with E-state index in [1.54, 1.807) is 6.08 Å². The summed E-state index contributed by atoms with van der Waals surface area (Å²) in [5, 5.41) is 0. The maximum atomic E-state index is 11.1. The SMILES string of the molecule is C/C=C\c1c(C)nc[nH]c1=O. The number of nitrogens with zero attached hydrogens (tertiary/aromatic N) is 1. The van der Waals surface area contributed by atoms with Crippen molar-refractivity contribution in [1.29, 1.82) is 0 Å². The van der Waals surface area contributed by atoms with Crippen LogP contribution in [0.1, 0.15) is 18.2 Å². The maximum Gasteiger partial charge on any atom is 0.258 e. The number of hydrogen-bond donors (Lipinski definition) is 1. The van der Waals surface area contributed by atoms with Gasteiger partial charge in [0.05, 0.1) is 17.6 Å². The van der Waals surface area contributed by atoms with Gasteiger partial charge in [0.25, 0.3) is 5.56 Å². The molecule has 11 heavy (non-hydrogen) atoms. The van der Waals surface area contributed by atoms with Crippen molar-refractivity contribution in [3.8, 4) is 0 Å². The van der Waals surface area contributed by atoms with Crippen LogP contribution in [-0.2, 0) is 0 Å². The Morgan fingerprint density at radius 1 is 1.64 bits per heavy atom. The van der Waals surface area contributed by atoms with Gasteiger partial charge < -0.3 is 4.98 Å². The highest BCUT2D eigenvalue weighted by Gasteiger charge is 1.97. The molecule has 3 nitrogen and oxygen atoms in total. The summed E-state index contributed by atoms with van der Waals surface area (Å²) in [6, 6.07) is 0. The van der Waals surface area contributed by atoms with Gasteiger partial charge in [0.15, 0.2) is 0 Å². The summed E-state index contributed by atoms with van der Waals surface area (Å²) in [7, 11) is 0. The molecule has 1 aromatic rings. The number of H-pyrrole nitrogens is 1. The van der Waals surface area contributed by atoms with Crippen molar-refractivity contribution in [2.75, 3.05) is 0 Å². The number of aromatic amines is 1. The van der Waals surface area contributed by atoms with Gasteiger partial charge in [-0.15, -0.1) is 0 Å². The molecule has 0 aliphatic carbocycles. The van der Waals surface area contributed by atoms with E-state index >= 15 is 0 Å². The first-order valence-corrected chi connectivity index (χ1v) is 3.42. The van der Waals surface area contributed by atoms with Crippen LogP contribution in [0.2, 0.25) is 0 Å². The Bertz CT molecular complexity index is 325. The summed E-state index contributed by atoms with van der Waals surface area (Å²) in [6.07, 6.45) is 4.98. The molecule has 0 spiro atoms. The third-order valence-electron chi connectivity index (χ3n) is 1.42. The minimum Gasteiger partial charge on any atom is -0.313 e. The number of hydrogen-bond acceptors (Lipinski definition) is 2. The Morgan fingerprint density at radius 2 is 2.36 bits per heavy atom. The summed E-state index contributed by atoms with van der Waals surface area (Å²) in [4.78, 5) is 17.5. The molecule has 0 fully saturated rings. The molecule has 0 aliphatic rings. The summed E-state index contributed by atoms with van der Waals surface area (Å²) < 4.78 is 0. The van der Waals surface area contributed by atoms with E-state index in [0.29, 0.717) is 5.56 Å². The van der Waals surface area contributed by atoms with Crippen LogP contribution < -0.4 is 5.56 Å². The number of aromatic nitrogens is 2.